The van der Waals surface area contributed by atoms with Gasteiger partial charge >= 0.3 is 0 Å². The topological polar surface area (TPSA) is 38.7 Å². The second kappa shape index (κ2) is 6.34. The number of phenolic OH excluding ortho intramolecular Hbond substituents is 1. The van der Waals surface area contributed by atoms with Crippen molar-refractivity contribution in [3.63, 3.8) is 0 Å². The SMILES string of the molecule is CN1CCN(NCc2cc(Br)c(O)c(Br)c2)CC1. The van der Waals surface area contributed by atoms with Crippen LogP contribution in [-0.2, 0) is 6.54 Å². The smallest absolute Gasteiger partial charge is 0.143 e. The molecule has 0 amide bonds. The molecule has 1 aliphatic rings. The first-order chi connectivity index (χ1) is 8.56. The van der Waals surface area contributed by atoms with Gasteiger partial charge in [-0.2, -0.15) is 0 Å². The van der Waals surface area contributed by atoms with Gasteiger partial charge in [-0.15, -0.1) is 0 Å². The van der Waals surface area contributed by atoms with Crippen molar-refractivity contribution >= 4 is 31.9 Å². The van der Waals surface area contributed by atoms with Gasteiger partial charge < -0.3 is 10.0 Å². The molecule has 6 heteroatoms. The molecule has 1 heterocycles. The molecule has 4 nitrogen and oxygen atoms in total. The summed E-state index contributed by atoms with van der Waals surface area (Å²) in [6.07, 6.45) is 0. The number of hydrogen-bond donors (Lipinski definition) is 2. The Kier molecular flexibility index (Phi) is 5.03. The van der Waals surface area contributed by atoms with Crippen molar-refractivity contribution in [2.45, 2.75) is 6.54 Å². The monoisotopic (exact) mass is 377 g/mol. The molecule has 0 spiro atoms. The highest BCUT2D eigenvalue weighted by Crippen LogP contribution is 2.33. The van der Waals surface area contributed by atoms with Gasteiger partial charge in [-0.1, -0.05) is 0 Å². The molecule has 0 unspecified atom stereocenters. The maximum Gasteiger partial charge on any atom is 0.143 e. The number of nitrogens with zero attached hydrogens (tertiary/aromatic N) is 2. The summed E-state index contributed by atoms with van der Waals surface area (Å²) < 4.78 is 1.43. The first-order valence-electron chi connectivity index (χ1n) is 5.90. The highest BCUT2D eigenvalue weighted by Gasteiger charge is 2.13. The molecule has 1 aromatic rings. The Hall–Kier alpha value is -0.140. The second-order valence-electron chi connectivity index (χ2n) is 4.53. The molecule has 1 aliphatic heterocycles. The third-order valence-corrected chi connectivity index (χ3v) is 4.30. The van der Waals surface area contributed by atoms with Gasteiger partial charge in [0.05, 0.1) is 8.95 Å². The molecule has 0 aliphatic carbocycles. The van der Waals surface area contributed by atoms with E-state index in [0.29, 0.717) is 8.95 Å². The summed E-state index contributed by atoms with van der Waals surface area (Å²) in [7, 11) is 2.14. The van der Waals surface area contributed by atoms with Crippen LogP contribution in [-0.4, -0.2) is 48.2 Å². The van der Waals surface area contributed by atoms with Crippen LogP contribution >= 0.6 is 31.9 Å². The molecule has 18 heavy (non-hydrogen) atoms. The molecule has 0 aromatic heterocycles. The summed E-state index contributed by atoms with van der Waals surface area (Å²) in [6.45, 7) is 5.03. The van der Waals surface area contributed by atoms with Crippen LogP contribution in [0.25, 0.3) is 0 Å². The van der Waals surface area contributed by atoms with Gasteiger partial charge in [0.2, 0.25) is 0 Å². The highest BCUT2D eigenvalue weighted by atomic mass is 79.9. The van der Waals surface area contributed by atoms with Gasteiger partial charge in [0.25, 0.3) is 0 Å². The average molecular weight is 379 g/mol. The number of piperazine rings is 1. The fraction of sp³-hybridized carbons (Fsp3) is 0.500. The van der Waals surface area contributed by atoms with E-state index >= 15 is 0 Å². The van der Waals surface area contributed by atoms with Crippen molar-refractivity contribution in [2.24, 2.45) is 0 Å². The molecule has 0 bridgehead atoms. The van der Waals surface area contributed by atoms with Crippen molar-refractivity contribution in [3.05, 3.63) is 26.6 Å². The van der Waals surface area contributed by atoms with Crippen LogP contribution in [0.1, 0.15) is 5.56 Å². The zero-order valence-corrected chi connectivity index (χ0v) is 13.5. The van der Waals surface area contributed by atoms with Crippen LogP contribution in [0.5, 0.6) is 5.75 Å². The zero-order valence-electron chi connectivity index (χ0n) is 10.3. The summed E-state index contributed by atoms with van der Waals surface area (Å²) in [4.78, 5) is 2.33. The van der Waals surface area contributed by atoms with E-state index in [9.17, 15) is 5.11 Å². The minimum atomic E-state index is 0.248. The van der Waals surface area contributed by atoms with Gasteiger partial charge in [-0.25, -0.2) is 5.01 Å². The summed E-state index contributed by atoms with van der Waals surface area (Å²) >= 11 is 6.69. The largest absolute Gasteiger partial charge is 0.506 e. The predicted octanol–water partition coefficient (Wildman–Crippen LogP) is 2.17. The molecule has 1 fully saturated rings. The van der Waals surface area contributed by atoms with Crippen LogP contribution in [0.3, 0.4) is 0 Å². The minimum Gasteiger partial charge on any atom is -0.506 e. The molecule has 2 N–H and O–H groups in total. The Morgan fingerprint density at radius 1 is 1.17 bits per heavy atom. The van der Waals surface area contributed by atoms with Gasteiger partial charge in [0, 0.05) is 32.7 Å². The van der Waals surface area contributed by atoms with Crippen molar-refractivity contribution in [3.8, 4) is 5.75 Å². The molecule has 100 valence electrons. The Morgan fingerprint density at radius 3 is 2.28 bits per heavy atom. The number of hydrogen-bond acceptors (Lipinski definition) is 4. The molecular weight excluding hydrogens is 362 g/mol. The lowest BCUT2D eigenvalue weighted by Gasteiger charge is -2.32. The van der Waals surface area contributed by atoms with Crippen LogP contribution in [0.15, 0.2) is 21.1 Å². The van der Waals surface area contributed by atoms with E-state index in [0.717, 1.165) is 38.3 Å². The lowest BCUT2D eigenvalue weighted by Crippen LogP contribution is -2.50. The summed E-state index contributed by atoms with van der Waals surface area (Å²) in [5.41, 5.74) is 4.55. The third kappa shape index (κ3) is 3.68. The Bertz CT molecular complexity index is 397. The van der Waals surface area contributed by atoms with E-state index in [1.165, 1.54) is 0 Å². The number of benzene rings is 1. The number of phenols is 1. The number of nitrogens with one attached hydrogen (secondary N) is 1. The maximum atomic E-state index is 9.65. The lowest BCUT2D eigenvalue weighted by atomic mass is 10.2. The Morgan fingerprint density at radius 2 is 1.72 bits per heavy atom. The first-order valence-corrected chi connectivity index (χ1v) is 7.49. The van der Waals surface area contributed by atoms with E-state index in [-0.39, 0.29) is 5.75 Å². The Balaban J connectivity index is 1.90. The van der Waals surface area contributed by atoms with Gasteiger partial charge in [-0.3, -0.25) is 5.43 Å². The molecular formula is C12H17Br2N3O. The molecule has 1 saturated heterocycles. The van der Waals surface area contributed by atoms with Crippen molar-refractivity contribution in [2.75, 3.05) is 33.2 Å². The standard InChI is InChI=1S/C12H17Br2N3O/c1-16-2-4-17(5-3-16)15-8-9-6-10(13)12(18)11(14)7-9/h6-7,15,18H,2-5,8H2,1H3. The average Bonchev–Trinajstić information content (AvgIpc) is 2.35. The molecule has 1 aromatic carbocycles. The lowest BCUT2D eigenvalue weighted by molar-refractivity contribution is 0.102. The first kappa shape index (κ1) is 14.3. The minimum absolute atomic E-state index is 0.248. The van der Waals surface area contributed by atoms with Crippen molar-refractivity contribution in [1.82, 2.24) is 15.3 Å². The zero-order chi connectivity index (χ0) is 13.1. The van der Waals surface area contributed by atoms with Crippen LogP contribution < -0.4 is 5.43 Å². The third-order valence-electron chi connectivity index (χ3n) is 3.09. The Labute approximate surface area is 124 Å². The van der Waals surface area contributed by atoms with Crippen LogP contribution in [0.2, 0.25) is 0 Å². The highest BCUT2D eigenvalue weighted by molar-refractivity contribution is 9.11. The molecule has 0 atom stereocenters. The van der Waals surface area contributed by atoms with Gasteiger partial charge in [0.1, 0.15) is 5.75 Å². The van der Waals surface area contributed by atoms with Gasteiger partial charge in [0.15, 0.2) is 0 Å². The second-order valence-corrected chi connectivity index (χ2v) is 6.24. The number of likely N-dealkylation sites (N-methyl/N-ethyl adjacent to an activating group) is 1. The number of halogens is 2. The number of aromatic hydroxyl groups is 1. The van der Waals surface area contributed by atoms with E-state index in [1.54, 1.807) is 0 Å². The van der Waals surface area contributed by atoms with E-state index in [2.05, 4.69) is 54.2 Å². The summed E-state index contributed by atoms with van der Waals surface area (Å²) in [5.74, 6) is 0.248. The van der Waals surface area contributed by atoms with Crippen molar-refractivity contribution in [1.29, 1.82) is 0 Å². The predicted molar refractivity (Wildman–Crippen MR) is 79.4 cm³/mol. The van der Waals surface area contributed by atoms with E-state index in [4.69, 9.17) is 0 Å². The fourth-order valence-electron chi connectivity index (χ4n) is 1.89. The number of rotatable bonds is 3. The van der Waals surface area contributed by atoms with E-state index < -0.39 is 0 Å². The normalized spacial score (nSPS) is 18.2. The molecule has 0 saturated carbocycles. The number of hydrazine groups is 1. The molecule has 2 rings (SSSR count). The van der Waals surface area contributed by atoms with Crippen LogP contribution in [0.4, 0.5) is 0 Å². The van der Waals surface area contributed by atoms with Gasteiger partial charge in [-0.05, 0) is 56.6 Å². The molecule has 0 radical (unpaired) electrons. The van der Waals surface area contributed by atoms with Crippen molar-refractivity contribution < 1.29 is 5.11 Å². The van der Waals surface area contributed by atoms with E-state index in [1.807, 2.05) is 12.1 Å². The van der Waals surface area contributed by atoms with Crippen LogP contribution in [0, 0.1) is 0 Å². The summed E-state index contributed by atoms with van der Waals surface area (Å²) in [5, 5.41) is 11.9. The maximum absolute atomic E-state index is 9.65. The fourth-order valence-corrected chi connectivity index (χ4v) is 3.17. The quantitative estimate of drug-likeness (QED) is 0.845. The summed E-state index contributed by atoms with van der Waals surface area (Å²) in [6, 6.07) is 3.87.